The minimum absolute atomic E-state index is 0.118. The van der Waals surface area contributed by atoms with Crippen molar-refractivity contribution in [2.75, 3.05) is 19.5 Å². The van der Waals surface area contributed by atoms with Crippen molar-refractivity contribution < 1.29 is 13.9 Å². The van der Waals surface area contributed by atoms with Crippen LogP contribution in [0, 0.1) is 12.7 Å². The number of amides is 1. The summed E-state index contributed by atoms with van der Waals surface area (Å²) in [5.74, 6) is 0.791. The molecular formula is C21H27FN4O2. The van der Waals surface area contributed by atoms with Gasteiger partial charge in [0.15, 0.2) is 5.96 Å². The SMILES string of the molecule is CN=C(NCc1ccc(OC)c(NC(C)=O)c1)NC(C)c1ccc(C)c(F)c1. The predicted molar refractivity (Wildman–Crippen MR) is 110 cm³/mol. The molecule has 2 rings (SSSR count). The highest BCUT2D eigenvalue weighted by molar-refractivity contribution is 5.90. The molecule has 2 aromatic carbocycles. The number of nitrogens with zero attached hydrogens (tertiary/aromatic N) is 1. The smallest absolute Gasteiger partial charge is 0.221 e. The van der Waals surface area contributed by atoms with Crippen molar-refractivity contribution in [1.82, 2.24) is 10.6 Å². The van der Waals surface area contributed by atoms with E-state index in [0.29, 0.717) is 29.5 Å². The average molecular weight is 386 g/mol. The third kappa shape index (κ3) is 5.70. The number of methoxy groups -OCH3 is 1. The molecule has 0 aliphatic heterocycles. The number of aryl methyl sites for hydroxylation is 1. The van der Waals surface area contributed by atoms with Crippen LogP contribution in [0.1, 0.15) is 36.6 Å². The topological polar surface area (TPSA) is 74.8 Å². The summed E-state index contributed by atoms with van der Waals surface area (Å²) in [7, 11) is 3.23. The van der Waals surface area contributed by atoms with E-state index in [2.05, 4.69) is 20.9 Å². The van der Waals surface area contributed by atoms with Gasteiger partial charge in [-0.25, -0.2) is 4.39 Å². The van der Waals surface area contributed by atoms with E-state index in [-0.39, 0.29) is 17.8 Å². The summed E-state index contributed by atoms with van der Waals surface area (Å²) in [6, 6.07) is 10.6. The lowest BCUT2D eigenvalue weighted by atomic mass is 10.1. The first kappa shape index (κ1) is 21.2. The fourth-order valence-corrected chi connectivity index (χ4v) is 2.70. The molecule has 6 nitrogen and oxygen atoms in total. The Morgan fingerprint density at radius 3 is 2.61 bits per heavy atom. The molecule has 0 aromatic heterocycles. The molecule has 1 atom stereocenters. The Balaban J connectivity index is 2.03. The van der Waals surface area contributed by atoms with Gasteiger partial charge in [-0.15, -0.1) is 0 Å². The summed E-state index contributed by atoms with van der Waals surface area (Å²) in [4.78, 5) is 15.6. The van der Waals surface area contributed by atoms with Gasteiger partial charge in [-0.1, -0.05) is 18.2 Å². The molecule has 0 spiro atoms. The highest BCUT2D eigenvalue weighted by atomic mass is 19.1. The largest absolute Gasteiger partial charge is 0.495 e. The standard InChI is InChI=1S/C21H27FN4O2/c1-13-6-8-17(11-18(13)22)14(2)25-21(23-4)24-12-16-7-9-20(28-5)19(10-16)26-15(3)27/h6-11,14H,12H2,1-5H3,(H,26,27)(H2,23,24,25). The summed E-state index contributed by atoms with van der Waals surface area (Å²) in [5.41, 5.74) is 3.01. The number of carbonyl (C=O) groups is 1. The molecule has 2 aromatic rings. The van der Waals surface area contributed by atoms with Crippen molar-refractivity contribution in [3.63, 3.8) is 0 Å². The van der Waals surface area contributed by atoms with Crippen LogP contribution in [0.4, 0.5) is 10.1 Å². The Morgan fingerprint density at radius 2 is 2.00 bits per heavy atom. The number of carbonyl (C=O) groups excluding carboxylic acids is 1. The van der Waals surface area contributed by atoms with Crippen LogP contribution in [0.25, 0.3) is 0 Å². The van der Waals surface area contributed by atoms with E-state index in [4.69, 9.17) is 4.74 Å². The number of benzene rings is 2. The Hall–Kier alpha value is -3.09. The van der Waals surface area contributed by atoms with Gasteiger partial charge >= 0.3 is 0 Å². The first-order chi connectivity index (χ1) is 13.3. The van der Waals surface area contributed by atoms with E-state index in [0.717, 1.165) is 11.1 Å². The van der Waals surface area contributed by atoms with Crippen molar-refractivity contribution in [2.24, 2.45) is 4.99 Å². The zero-order valence-electron chi connectivity index (χ0n) is 16.9. The van der Waals surface area contributed by atoms with Crippen molar-refractivity contribution in [3.05, 3.63) is 58.9 Å². The number of nitrogens with one attached hydrogen (secondary N) is 3. The van der Waals surface area contributed by atoms with Crippen molar-refractivity contribution in [3.8, 4) is 5.75 Å². The number of ether oxygens (including phenoxy) is 1. The van der Waals surface area contributed by atoms with Crippen LogP contribution < -0.4 is 20.7 Å². The Morgan fingerprint density at radius 1 is 1.25 bits per heavy atom. The zero-order chi connectivity index (χ0) is 20.7. The fraction of sp³-hybridized carbons (Fsp3) is 0.333. The second-order valence-electron chi connectivity index (χ2n) is 6.52. The number of hydrogen-bond acceptors (Lipinski definition) is 3. The third-order valence-electron chi connectivity index (χ3n) is 4.31. The summed E-state index contributed by atoms with van der Waals surface area (Å²) in [6.45, 7) is 5.62. The summed E-state index contributed by atoms with van der Waals surface area (Å²) < 4.78 is 19.1. The van der Waals surface area contributed by atoms with Crippen molar-refractivity contribution >= 4 is 17.6 Å². The van der Waals surface area contributed by atoms with E-state index >= 15 is 0 Å². The van der Waals surface area contributed by atoms with Gasteiger partial charge in [-0.2, -0.15) is 0 Å². The van der Waals surface area contributed by atoms with Crippen LogP contribution in [0.3, 0.4) is 0 Å². The Bertz CT molecular complexity index is 867. The minimum atomic E-state index is -0.224. The number of rotatable bonds is 6. The molecule has 7 heteroatoms. The van der Waals surface area contributed by atoms with Gasteiger partial charge in [0, 0.05) is 20.5 Å². The molecule has 150 valence electrons. The lowest BCUT2D eigenvalue weighted by Gasteiger charge is -2.19. The van der Waals surface area contributed by atoms with Gasteiger partial charge in [0.2, 0.25) is 5.91 Å². The molecule has 0 aliphatic rings. The number of aliphatic imine (C=N–C) groups is 1. The highest BCUT2D eigenvalue weighted by Crippen LogP contribution is 2.25. The maximum atomic E-state index is 13.8. The van der Waals surface area contributed by atoms with Crippen molar-refractivity contribution in [2.45, 2.75) is 33.4 Å². The summed E-state index contributed by atoms with van der Waals surface area (Å²) in [6.07, 6.45) is 0. The maximum absolute atomic E-state index is 13.8. The maximum Gasteiger partial charge on any atom is 0.221 e. The van der Waals surface area contributed by atoms with Gasteiger partial charge < -0.3 is 20.7 Å². The lowest BCUT2D eigenvalue weighted by Crippen LogP contribution is -2.38. The van der Waals surface area contributed by atoms with Crippen LogP contribution >= 0.6 is 0 Å². The monoisotopic (exact) mass is 386 g/mol. The van der Waals surface area contributed by atoms with E-state index in [9.17, 15) is 9.18 Å². The number of halogens is 1. The van der Waals surface area contributed by atoms with Crippen molar-refractivity contribution in [1.29, 1.82) is 0 Å². The van der Waals surface area contributed by atoms with E-state index in [1.165, 1.54) is 13.0 Å². The lowest BCUT2D eigenvalue weighted by molar-refractivity contribution is -0.114. The molecule has 0 saturated heterocycles. The molecule has 0 heterocycles. The number of anilines is 1. The molecule has 1 amide bonds. The molecular weight excluding hydrogens is 359 g/mol. The van der Waals surface area contributed by atoms with Gasteiger partial charge in [-0.05, 0) is 48.7 Å². The van der Waals surface area contributed by atoms with Gasteiger partial charge in [0.05, 0.1) is 18.8 Å². The zero-order valence-corrected chi connectivity index (χ0v) is 16.9. The Labute approximate surface area is 165 Å². The molecule has 0 bridgehead atoms. The van der Waals surface area contributed by atoms with Gasteiger partial charge in [0.1, 0.15) is 11.6 Å². The summed E-state index contributed by atoms with van der Waals surface area (Å²) >= 11 is 0. The van der Waals surface area contributed by atoms with Crippen LogP contribution in [-0.2, 0) is 11.3 Å². The Kier molecular flexibility index (Phi) is 7.37. The fourth-order valence-electron chi connectivity index (χ4n) is 2.70. The minimum Gasteiger partial charge on any atom is -0.495 e. The first-order valence-electron chi connectivity index (χ1n) is 9.01. The van der Waals surface area contributed by atoms with Gasteiger partial charge in [-0.3, -0.25) is 9.79 Å². The van der Waals surface area contributed by atoms with Crippen LogP contribution in [0.5, 0.6) is 5.75 Å². The molecule has 28 heavy (non-hydrogen) atoms. The second kappa shape index (κ2) is 9.73. The van der Waals surface area contributed by atoms with E-state index in [1.807, 2.05) is 25.1 Å². The number of guanidine groups is 1. The predicted octanol–water partition coefficient (Wildman–Crippen LogP) is 3.53. The highest BCUT2D eigenvalue weighted by Gasteiger charge is 2.11. The normalized spacial score (nSPS) is 12.3. The second-order valence-corrected chi connectivity index (χ2v) is 6.52. The quantitative estimate of drug-likeness (QED) is 0.524. The van der Waals surface area contributed by atoms with Crippen LogP contribution in [-0.4, -0.2) is 26.0 Å². The molecule has 3 N–H and O–H groups in total. The summed E-state index contributed by atoms with van der Waals surface area (Å²) in [5, 5.41) is 9.23. The molecule has 0 fully saturated rings. The molecule has 0 aliphatic carbocycles. The number of hydrogen-bond donors (Lipinski definition) is 3. The average Bonchev–Trinajstić information content (AvgIpc) is 2.66. The third-order valence-corrected chi connectivity index (χ3v) is 4.31. The van der Waals surface area contributed by atoms with Crippen LogP contribution in [0.15, 0.2) is 41.4 Å². The molecule has 0 radical (unpaired) electrons. The van der Waals surface area contributed by atoms with Gasteiger partial charge in [0.25, 0.3) is 0 Å². The first-order valence-corrected chi connectivity index (χ1v) is 9.01. The van der Waals surface area contributed by atoms with E-state index < -0.39 is 0 Å². The molecule has 0 saturated carbocycles. The van der Waals surface area contributed by atoms with E-state index in [1.54, 1.807) is 33.2 Å². The van der Waals surface area contributed by atoms with Crippen LogP contribution in [0.2, 0.25) is 0 Å². The molecule has 1 unspecified atom stereocenters.